The monoisotopic (exact) mass is 336 g/mol. The van der Waals surface area contributed by atoms with Crippen LogP contribution in [0, 0.1) is 5.82 Å². The molecule has 1 amide bonds. The maximum atomic E-state index is 13.7. The second kappa shape index (κ2) is 9.16. The third kappa shape index (κ3) is 5.91. The minimum atomic E-state index is -0.260. The van der Waals surface area contributed by atoms with Crippen LogP contribution in [0.3, 0.4) is 0 Å². The lowest BCUT2D eigenvalue weighted by Gasteiger charge is -2.13. The summed E-state index contributed by atoms with van der Waals surface area (Å²) in [5.74, 6) is -0.464. The van der Waals surface area contributed by atoms with Crippen molar-refractivity contribution in [1.82, 2.24) is 5.32 Å². The van der Waals surface area contributed by atoms with Crippen molar-refractivity contribution < 1.29 is 9.18 Å². The minimum absolute atomic E-state index is 0. The molecule has 1 unspecified atom stereocenters. The third-order valence-corrected chi connectivity index (χ3v) is 3.64. The van der Waals surface area contributed by atoms with Gasteiger partial charge in [0.15, 0.2) is 0 Å². The molecule has 2 aromatic rings. The number of carbonyl (C=O) groups excluding carboxylic acids is 1. The molecule has 2 aromatic carbocycles. The molecule has 0 aromatic heterocycles. The summed E-state index contributed by atoms with van der Waals surface area (Å²) in [4.78, 5) is 11.9. The summed E-state index contributed by atoms with van der Waals surface area (Å²) < 4.78 is 13.7. The van der Waals surface area contributed by atoms with E-state index < -0.39 is 0 Å². The molecule has 0 heterocycles. The van der Waals surface area contributed by atoms with Gasteiger partial charge < -0.3 is 11.1 Å². The van der Waals surface area contributed by atoms with Gasteiger partial charge in [0.2, 0.25) is 5.91 Å². The number of nitrogen functional groups attached to an aromatic ring is 1. The first kappa shape index (κ1) is 19.0. The van der Waals surface area contributed by atoms with Crippen LogP contribution in [0.5, 0.6) is 0 Å². The Morgan fingerprint density at radius 1 is 1.17 bits per heavy atom. The van der Waals surface area contributed by atoms with Gasteiger partial charge in [-0.1, -0.05) is 37.3 Å². The van der Waals surface area contributed by atoms with Crippen LogP contribution in [0.15, 0.2) is 48.5 Å². The van der Waals surface area contributed by atoms with Crippen LogP contribution in [-0.4, -0.2) is 12.5 Å². The Hall–Kier alpha value is -2.07. The summed E-state index contributed by atoms with van der Waals surface area (Å²) in [6.07, 6.45) is 1.03. The van der Waals surface area contributed by atoms with Crippen LogP contribution in [0.1, 0.15) is 30.4 Å². The fourth-order valence-corrected chi connectivity index (χ4v) is 2.37. The zero-order valence-electron chi connectivity index (χ0n) is 13.1. The SMILES string of the molecule is CC(CC(=O)NCCc1ccc(N)cc1)c1ccccc1F.Cl. The average molecular weight is 337 g/mol. The number of nitrogens with two attached hydrogens (primary N) is 1. The molecule has 0 fully saturated rings. The smallest absolute Gasteiger partial charge is 0.220 e. The zero-order chi connectivity index (χ0) is 15.9. The molecular formula is C18H22ClFN2O. The van der Waals surface area contributed by atoms with Crippen molar-refractivity contribution in [3.8, 4) is 0 Å². The van der Waals surface area contributed by atoms with Gasteiger partial charge in [-0.15, -0.1) is 12.4 Å². The molecule has 3 N–H and O–H groups in total. The molecule has 3 nitrogen and oxygen atoms in total. The maximum Gasteiger partial charge on any atom is 0.220 e. The zero-order valence-corrected chi connectivity index (χ0v) is 13.9. The highest BCUT2D eigenvalue weighted by Gasteiger charge is 2.14. The van der Waals surface area contributed by atoms with Gasteiger partial charge in [0, 0.05) is 18.7 Å². The van der Waals surface area contributed by atoms with E-state index in [2.05, 4.69) is 5.32 Å². The minimum Gasteiger partial charge on any atom is -0.399 e. The summed E-state index contributed by atoms with van der Waals surface area (Å²) in [6, 6.07) is 14.2. The molecule has 0 spiro atoms. The van der Waals surface area contributed by atoms with Crippen LogP contribution >= 0.6 is 12.4 Å². The molecule has 0 saturated heterocycles. The molecular weight excluding hydrogens is 315 g/mol. The number of rotatable bonds is 6. The van der Waals surface area contributed by atoms with Crippen LogP contribution in [0.4, 0.5) is 10.1 Å². The first-order valence-corrected chi connectivity index (χ1v) is 7.42. The Bertz CT molecular complexity index is 631. The van der Waals surface area contributed by atoms with Crippen molar-refractivity contribution in [2.75, 3.05) is 12.3 Å². The van der Waals surface area contributed by atoms with Gasteiger partial charge in [-0.2, -0.15) is 0 Å². The second-order valence-corrected chi connectivity index (χ2v) is 5.47. The van der Waals surface area contributed by atoms with E-state index >= 15 is 0 Å². The lowest BCUT2D eigenvalue weighted by atomic mass is 9.97. The Morgan fingerprint density at radius 2 is 1.83 bits per heavy atom. The number of carbonyl (C=O) groups is 1. The molecule has 2 rings (SSSR count). The summed E-state index contributed by atoms with van der Waals surface area (Å²) in [6.45, 7) is 2.42. The lowest BCUT2D eigenvalue weighted by molar-refractivity contribution is -0.121. The van der Waals surface area contributed by atoms with Crippen LogP contribution in [-0.2, 0) is 11.2 Å². The summed E-state index contributed by atoms with van der Waals surface area (Å²) in [5, 5.41) is 2.87. The molecule has 0 saturated carbocycles. The molecule has 124 valence electrons. The normalized spacial score (nSPS) is 11.4. The Balaban J connectivity index is 0.00000264. The highest BCUT2D eigenvalue weighted by Crippen LogP contribution is 2.21. The number of amides is 1. The van der Waals surface area contributed by atoms with Crippen molar-refractivity contribution in [3.63, 3.8) is 0 Å². The van der Waals surface area contributed by atoms with E-state index in [1.54, 1.807) is 18.2 Å². The van der Waals surface area contributed by atoms with Crippen LogP contribution < -0.4 is 11.1 Å². The van der Waals surface area contributed by atoms with Crippen molar-refractivity contribution >= 4 is 24.0 Å². The summed E-state index contributed by atoms with van der Waals surface area (Å²) >= 11 is 0. The van der Waals surface area contributed by atoms with E-state index in [0.717, 1.165) is 17.7 Å². The number of nitrogens with one attached hydrogen (secondary N) is 1. The summed E-state index contributed by atoms with van der Waals surface area (Å²) in [7, 11) is 0. The highest BCUT2D eigenvalue weighted by molar-refractivity contribution is 5.85. The topological polar surface area (TPSA) is 55.1 Å². The number of anilines is 1. The molecule has 0 aliphatic rings. The predicted octanol–water partition coefficient (Wildman–Crippen LogP) is 3.68. The van der Waals surface area contributed by atoms with Gasteiger partial charge in [-0.25, -0.2) is 4.39 Å². The predicted molar refractivity (Wildman–Crippen MR) is 94.2 cm³/mol. The van der Waals surface area contributed by atoms with Gasteiger partial charge in [-0.3, -0.25) is 4.79 Å². The molecule has 0 aliphatic heterocycles. The van der Waals surface area contributed by atoms with Crippen molar-refractivity contribution in [1.29, 1.82) is 0 Å². The lowest BCUT2D eigenvalue weighted by Crippen LogP contribution is -2.26. The Morgan fingerprint density at radius 3 is 2.48 bits per heavy atom. The fraction of sp³-hybridized carbons (Fsp3) is 0.278. The highest BCUT2D eigenvalue weighted by atomic mass is 35.5. The van der Waals surface area contributed by atoms with E-state index in [9.17, 15) is 9.18 Å². The second-order valence-electron chi connectivity index (χ2n) is 5.47. The molecule has 0 aliphatic carbocycles. The van der Waals surface area contributed by atoms with Crippen LogP contribution in [0.2, 0.25) is 0 Å². The first-order chi connectivity index (χ1) is 10.6. The molecule has 5 heteroatoms. The molecule has 1 atom stereocenters. The van der Waals surface area contributed by atoms with Gasteiger partial charge in [-0.05, 0) is 41.7 Å². The average Bonchev–Trinajstić information content (AvgIpc) is 2.49. The van der Waals surface area contributed by atoms with Crippen molar-refractivity contribution in [2.45, 2.75) is 25.7 Å². The third-order valence-electron chi connectivity index (χ3n) is 3.64. The van der Waals surface area contributed by atoms with Gasteiger partial charge in [0.25, 0.3) is 0 Å². The van der Waals surface area contributed by atoms with Crippen LogP contribution in [0.25, 0.3) is 0 Å². The van der Waals surface area contributed by atoms with E-state index in [1.807, 2.05) is 31.2 Å². The number of hydrogen-bond donors (Lipinski definition) is 2. The first-order valence-electron chi connectivity index (χ1n) is 7.42. The van der Waals surface area contributed by atoms with Gasteiger partial charge in [0.1, 0.15) is 5.82 Å². The molecule has 0 bridgehead atoms. The van der Waals surface area contributed by atoms with Gasteiger partial charge in [0.05, 0.1) is 0 Å². The van der Waals surface area contributed by atoms with Crippen molar-refractivity contribution in [3.05, 3.63) is 65.5 Å². The number of hydrogen-bond acceptors (Lipinski definition) is 2. The summed E-state index contributed by atoms with van der Waals surface area (Å²) in [5.41, 5.74) is 8.06. The van der Waals surface area contributed by atoms with E-state index in [0.29, 0.717) is 12.1 Å². The quantitative estimate of drug-likeness (QED) is 0.790. The maximum absolute atomic E-state index is 13.7. The van der Waals surface area contributed by atoms with E-state index in [1.165, 1.54) is 6.07 Å². The Kier molecular flexibility index (Phi) is 7.55. The van der Waals surface area contributed by atoms with E-state index in [-0.39, 0.29) is 36.5 Å². The standard InChI is InChI=1S/C18H21FN2O.ClH/c1-13(16-4-2-3-5-17(16)19)12-18(22)21-11-10-14-6-8-15(20)9-7-14;/h2-9,13H,10-12,20H2,1H3,(H,21,22);1H. The Labute approximate surface area is 142 Å². The number of halogens is 2. The molecule has 23 heavy (non-hydrogen) atoms. The van der Waals surface area contributed by atoms with Gasteiger partial charge >= 0.3 is 0 Å². The van der Waals surface area contributed by atoms with Crippen molar-refractivity contribution in [2.24, 2.45) is 0 Å². The number of benzene rings is 2. The van der Waals surface area contributed by atoms with E-state index in [4.69, 9.17) is 5.73 Å². The largest absolute Gasteiger partial charge is 0.399 e. The molecule has 0 radical (unpaired) electrons. The fourth-order valence-electron chi connectivity index (χ4n) is 2.37.